The normalized spacial score (nSPS) is 10.6. The smallest absolute Gasteiger partial charge is 0.273 e. The Morgan fingerprint density at radius 3 is 2.62 bits per heavy atom. The van der Waals surface area contributed by atoms with Gasteiger partial charge in [0, 0.05) is 6.54 Å². The molecule has 112 valence electrons. The summed E-state index contributed by atoms with van der Waals surface area (Å²) in [5.41, 5.74) is 2.25. The SMILES string of the molecule is CCCCNC(=O)c1nnn(-c2ccccc2)c1CCC. The van der Waals surface area contributed by atoms with E-state index in [9.17, 15) is 4.79 Å². The first kappa shape index (κ1) is 15.2. The Hall–Kier alpha value is -2.17. The van der Waals surface area contributed by atoms with Gasteiger partial charge >= 0.3 is 0 Å². The van der Waals surface area contributed by atoms with Crippen molar-refractivity contribution < 1.29 is 4.79 Å². The molecule has 0 aliphatic heterocycles. The highest BCUT2D eigenvalue weighted by Crippen LogP contribution is 2.14. The number of hydrogen-bond donors (Lipinski definition) is 1. The number of benzene rings is 1. The molecule has 21 heavy (non-hydrogen) atoms. The van der Waals surface area contributed by atoms with Crippen molar-refractivity contribution in [1.29, 1.82) is 0 Å². The summed E-state index contributed by atoms with van der Waals surface area (Å²) in [5.74, 6) is -0.130. The molecule has 0 saturated carbocycles. The number of unbranched alkanes of at least 4 members (excludes halogenated alkanes) is 1. The van der Waals surface area contributed by atoms with Gasteiger partial charge in [0.15, 0.2) is 5.69 Å². The van der Waals surface area contributed by atoms with E-state index in [4.69, 9.17) is 0 Å². The molecule has 1 amide bonds. The van der Waals surface area contributed by atoms with Crippen LogP contribution in [0.1, 0.15) is 49.3 Å². The Labute approximate surface area is 125 Å². The fourth-order valence-corrected chi connectivity index (χ4v) is 2.18. The molecule has 0 unspecified atom stereocenters. The second-order valence-corrected chi connectivity index (χ2v) is 4.99. The van der Waals surface area contributed by atoms with Crippen LogP contribution < -0.4 is 5.32 Å². The van der Waals surface area contributed by atoms with Crippen molar-refractivity contribution in [2.24, 2.45) is 0 Å². The summed E-state index contributed by atoms with van der Waals surface area (Å²) in [6.45, 7) is 4.86. The standard InChI is InChI=1S/C16H22N4O/c1-3-5-12-17-16(21)15-14(9-4-2)20(19-18-15)13-10-7-6-8-11-13/h6-8,10-11H,3-5,9,12H2,1-2H3,(H,17,21). The lowest BCUT2D eigenvalue weighted by Crippen LogP contribution is -2.26. The minimum atomic E-state index is -0.130. The number of para-hydroxylation sites is 1. The third-order valence-corrected chi connectivity index (χ3v) is 3.28. The predicted molar refractivity (Wildman–Crippen MR) is 82.6 cm³/mol. The summed E-state index contributed by atoms with van der Waals surface area (Å²) in [6.07, 6.45) is 3.74. The zero-order valence-electron chi connectivity index (χ0n) is 12.7. The zero-order chi connectivity index (χ0) is 15.1. The van der Waals surface area contributed by atoms with Gasteiger partial charge in [-0.05, 0) is 25.0 Å². The molecule has 1 N–H and O–H groups in total. The first-order valence-corrected chi connectivity index (χ1v) is 7.56. The number of carbonyl (C=O) groups is 1. The first-order chi connectivity index (χ1) is 10.3. The lowest BCUT2D eigenvalue weighted by molar-refractivity contribution is 0.0947. The number of rotatable bonds is 7. The van der Waals surface area contributed by atoms with Gasteiger partial charge < -0.3 is 5.32 Å². The summed E-state index contributed by atoms with van der Waals surface area (Å²) in [4.78, 5) is 12.2. The number of nitrogens with zero attached hydrogens (tertiary/aromatic N) is 3. The summed E-state index contributed by atoms with van der Waals surface area (Å²) >= 11 is 0. The highest BCUT2D eigenvalue weighted by atomic mass is 16.2. The lowest BCUT2D eigenvalue weighted by atomic mass is 10.2. The highest BCUT2D eigenvalue weighted by molar-refractivity contribution is 5.93. The van der Waals surface area contributed by atoms with E-state index in [0.29, 0.717) is 12.2 Å². The minimum Gasteiger partial charge on any atom is -0.351 e. The van der Waals surface area contributed by atoms with E-state index < -0.39 is 0 Å². The Balaban J connectivity index is 2.26. The van der Waals surface area contributed by atoms with Crippen LogP contribution in [0.2, 0.25) is 0 Å². The molecule has 2 aromatic rings. The molecule has 0 spiro atoms. The van der Waals surface area contributed by atoms with Crippen LogP contribution in [-0.4, -0.2) is 27.4 Å². The maximum atomic E-state index is 12.2. The zero-order valence-corrected chi connectivity index (χ0v) is 12.7. The van der Waals surface area contributed by atoms with Gasteiger partial charge in [0.25, 0.3) is 5.91 Å². The summed E-state index contributed by atoms with van der Waals surface area (Å²) in [7, 11) is 0. The van der Waals surface area contributed by atoms with Gasteiger partial charge in [-0.25, -0.2) is 4.68 Å². The van der Waals surface area contributed by atoms with Crippen molar-refractivity contribution in [2.45, 2.75) is 39.5 Å². The molecule has 0 aliphatic rings. The van der Waals surface area contributed by atoms with Gasteiger partial charge in [-0.15, -0.1) is 5.10 Å². The van der Waals surface area contributed by atoms with Crippen LogP contribution in [-0.2, 0) is 6.42 Å². The highest BCUT2D eigenvalue weighted by Gasteiger charge is 2.19. The van der Waals surface area contributed by atoms with E-state index in [2.05, 4.69) is 29.5 Å². The van der Waals surface area contributed by atoms with Crippen molar-refractivity contribution in [3.05, 3.63) is 41.7 Å². The summed E-state index contributed by atoms with van der Waals surface area (Å²) in [6, 6.07) is 9.79. The molecule has 0 aliphatic carbocycles. The Bertz CT molecular complexity index is 577. The Kier molecular flexibility index (Phi) is 5.49. The van der Waals surface area contributed by atoms with Gasteiger partial charge in [0.1, 0.15) is 0 Å². The van der Waals surface area contributed by atoms with Crippen LogP contribution in [0, 0.1) is 0 Å². The lowest BCUT2D eigenvalue weighted by Gasteiger charge is -2.07. The first-order valence-electron chi connectivity index (χ1n) is 7.56. The van der Waals surface area contributed by atoms with Crippen LogP contribution in [0.25, 0.3) is 5.69 Å². The molecule has 5 nitrogen and oxygen atoms in total. The molecule has 1 heterocycles. The predicted octanol–water partition coefficient (Wildman–Crippen LogP) is 2.75. The van der Waals surface area contributed by atoms with Crippen LogP contribution >= 0.6 is 0 Å². The third kappa shape index (κ3) is 3.68. The average Bonchev–Trinajstić information content (AvgIpc) is 2.92. The van der Waals surface area contributed by atoms with Gasteiger partial charge in [-0.3, -0.25) is 4.79 Å². The minimum absolute atomic E-state index is 0.130. The second kappa shape index (κ2) is 7.57. The molecule has 1 aromatic carbocycles. The number of carbonyl (C=O) groups excluding carboxylic acids is 1. The van der Waals surface area contributed by atoms with Gasteiger partial charge in [-0.1, -0.05) is 50.1 Å². The fraction of sp³-hybridized carbons (Fsp3) is 0.438. The van der Waals surface area contributed by atoms with E-state index in [1.807, 2.05) is 30.3 Å². The van der Waals surface area contributed by atoms with Crippen molar-refractivity contribution in [3.8, 4) is 5.69 Å². The molecule has 5 heteroatoms. The molecule has 1 aromatic heterocycles. The molecular weight excluding hydrogens is 264 g/mol. The van der Waals surface area contributed by atoms with Crippen LogP contribution in [0.4, 0.5) is 0 Å². The van der Waals surface area contributed by atoms with Crippen molar-refractivity contribution >= 4 is 5.91 Å². The largest absolute Gasteiger partial charge is 0.351 e. The van der Waals surface area contributed by atoms with Crippen LogP contribution in [0.15, 0.2) is 30.3 Å². The maximum Gasteiger partial charge on any atom is 0.273 e. The van der Waals surface area contributed by atoms with Crippen molar-refractivity contribution in [3.63, 3.8) is 0 Å². The number of hydrogen-bond acceptors (Lipinski definition) is 3. The van der Waals surface area contributed by atoms with E-state index in [1.165, 1.54) is 0 Å². The van der Waals surface area contributed by atoms with Crippen LogP contribution in [0.5, 0.6) is 0 Å². The maximum absolute atomic E-state index is 12.2. The molecular formula is C16H22N4O. The monoisotopic (exact) mass is 286 g/mol. The van der Waals surface area contributed by atoms with Gasteiger partial charge in [0.2, 0.25) is 0 Å². The van der Waals surface area contributed by atoms with Crippen molar-refractivity contribution in [1.82, 2.24) is 20.3 Å². The van der Waals surface area contributed by atoms with Crippen LogP contribution in [0.3, 0.4) is 0 Å². The topological polar surface area (TPSA) is 59.8 Å². The van der Waals surface area contributed by atoms with E-state index in [1.54, 1.807) is 4.68 Å². The fourth-order valence-electron chi connectivity index (χ4n) is 2.18. The molecule has 0 radical (unpaired) electrons. The second-order valence-electron chi connectivity index (χ2n) is 4.99. The Morgan fingerprint density at radius 2 is 1.95 bits per heavy atom. The quantitative estimate of drug-likeness (QED) is 0.796. The van der Waals surface area contributed by atoms with E-state index >= 15 is 0 Å². The third-order valence-electron chi connectivity index (χ3n) is 3.28. The molecule has 0 bridgehead atoms. The number of amides is 1. The molecule has 0 fully saturated rings. The van der Waals surface area contributed by atoms with Gasteiger partial charge in [-0.2, -0.15) is 0 Å². The molecule has 0 atom stereocenters. The summed E-state index contributed by atoms with van der Waals surface area (Å²) < 4.78 is 1.76. The van der Waals surface area contributed by atoms with E-state index in [-0.39, 0.29) is 5.91 Å². The molecule has 0 saturated heterocycles. The van der Waals surface area contributed by atoms with E-state index in [0.717, 1.165) is 37.1 Å². The number of aromatic nitrogens is 3. The number of nitrogens with one attached hydrogen (secondary N) is 1. The summed E-state index contributed by atoms with van der Waals surface area (Å²) in [5, 5.41) is 11.2. The Morgan fingerprint density at radius 1 is 1.19 bits per heavy atom. The molecule has 2 rings (SSSR count). The van der Waals surface area contributed by atoms with Gasteiger partial charge in [0.05, 0.1) is 11.4 Å². The average molecular weight is 286 g/mol. The van der Waals surface area contributed by atoms with Crippen molar-refractivity contribution in [2.75, 3.05) is 6.54 Å².